The highest BCUT2D eigenvalue weighted by Crippen LogP contribution is 2.22. The second-order valence-corrected chi connectivity index (χ2v) is 5.11. The molecule has 7 nitrogen and oxygen atoms in total. The molecule has 2 aromatic heterocycles. The Kier molecular flexibility index (Phi) is 4.04. The number of anilines is 1. The molecule has 2 rings (SSSR count). The van der Waals surface area contributed by atoms with E-state index in [1.54, 1.807) is 17.1 Å². The van der Waals surface area contributed by atoms with Crippen LogP contribution >= 0.6 is 11.3 Å². The molecule has 3 N–H and O–H groups in total. The molecule has 0 aliphatic rings. The number of amides is 2. The molecule has 0 atom stereocenters. The number of urea groups is 1. The number of nitrogens with one attached hydrogen (secondary N) is 2. The van der Waals surface area contributed by atoms with E-state index in [1.807, 2.05) is 13.1 Å². The van der Waals surface area contributed by atoms with Gasteiger partial charge in [0, 0.05) is 25.4 Å². The number of hydrogen-bond acceptors (Lipinski definition) is 4. The number of carbonyl (C=O) groups is 2. The number of hydrogen-bond donors (Lipinski definition) is 3. The Labute approximate surface area is 119 Å². The fourth-order valence-corrected chi connectivity index (χ4v) is 2.49. The summed E-state index contributed by atoms with van der Waals surface area (Å²) < 4.78 is 1.67. The average molecular weight is 294 g/mol. The molecule has 0 bridgehead atoms. The van der Waals surface area contributed by atoms with Gasteiger partial charge in [-0.25, -0.2) is 9.59 Å². The molecule has 0 fully saturated rings. The average Bonchev–Trinajstić information content (AvgIpc) is 2.93. The summed E-state index contributed by atoms with van der Waals surface area (Å²) in [4.78, 5) is 22.7. The van der Waals surface area contributed by atoms with Crippen molar-refractivity contribution in [3.05, 3.63) is 34.5 Å². The van der Waals surface area contributed by atoms with Crippen molar-refractivity contribution in [2.24, 2.45) is 7.05 Å². The second-order valence-electron chi connectivity index (χ2n) is 4.19. The number of carboxylic acid groups (broad SMARTS) is 1. The molecule has 0 saturated heterocycles. The molecule has 106 valence electrons. The van der Waals surface area contributed by atoms with E-state index >= 15 is 0 Å². The molecule has 0 aliphatic carbocycles. The third-order valence-corrected chi connectivity index (χ3v) is 3.51. The van der Waals surface area contributed by atoms with Crippen LogP contribution in [0.2, 0.25) is 0 Å². The van der Waals surface area contributed by atoms with Crippen LogP contribution in [0.25, 0.3) is 0 Å². The van der Waals surface area contributed by atoms with Gasteiger partial charge in [0.1, 0.15) is 5.00 Å². The van der Waals surface area contributed by atoms with E-state index < -0.39 is 12.0 Å². The lowest BCUT2D eigenvalue weighted by atomic mass is 10.3. The second kappa shape index (κ2) is 5.74. The van der Waals surface area contributed by atoms with Crippen LogP contribution in [0, 0.1) is 6.92 Å². The Morgan fingerprint density at radius 1 is 1.50 bits per heavy atom. The lowest BCUT2D eigenvalue weighted by Gasteiger charge is -2.06. The normalized spacial score (nSPS) is 10.3. The van der Waals surface area contributed by atoms with Gasteiger partial charge in [0.05, 0.1) is 11.3 Å². The first kappa shape index (κ1) is 14.1. The highest BCUT2D eigenvalue weighted by Gasteiger charge is 2.14. The first-order chi connectivity index (χ1) is 9.47. The van der Waals surface area contributed by atoms with Crippen molar-refractivity contribution in [1.29, 1.82) is 0 Å². The van der Waals surface area contributed by atoms with Gasteiger partial charge in [-0.2, -0.15) is 5.10 Å². The fourth-order valence-electron chi connectivity index (χ4n) is 1.72. The molecular formula is C12H14N4O3S. The number of aromatic nitrogens is 2. The van der Waals surface area contributed by atoms with Crippen LogP contribution in [0.1, 0.15) is 21.6 Å². The number of carbonyl (C=O) groups excluding carboxylic acids is 1. The zero-order valence-corrected chi connectivity index (χ0v) is 11.8. The molecule has 0 saturated carbocycles. The Morgan fingerprint density at radius 2 is 2.25 bits per heavy atom. The number of aromatic carboxylic acids is 1. The van der Waals surface area contributed by atoms with Crippen LogP contribution in [-0.4, -0.2) is 26.9 Å². The van der Waals surface area contributed by atoms with Crippen molar-refractivity contribution in [3.8, 4) is 0 Å². The minimum absolute atomic E-state index is 0.0858. The maximum absolute atomic E-state index is 11.7. The van der Waals surface area contributed by atoms with Crippen molar-refractivity contribution in [3.63, 3.8) is 0 Å². The minimum Gasteiger partial charge on any atom is -0.478 e. The standard InChI is InChI=1S/C12H14N4O3S/c1-7-8(6-16(2)15-7)5-13-12(19)14-10-9(11(17)18)3-4-20-10/h3-4,6H,5H2,1-2H3,(H,17,18)(H2,13,14,19). The monoisotopic (exact) mass is 294 g/mol. The van der Waals surface area contributed by atoms with E-state index in [9.17, 15) is 9.59 Å². The van der Waals surface area contributed by atoms with Gasteiger partial charge in [0.25, 0.3) is 0 Å². The van der Waals surface area contributed by atoms with Crippen LogP contribution in [0.15, 0.2) is 17.6 Å². The molecule has 2 amide bonds. The highest BCUT2D eigenvalue weighted by molar-refractivity contribution is 7.14. The maximum Gasteiger partial charge on any atom is 0.338 e. The lowest BCUT2D eigenvalue weighted by molar-refractivity contribution is 0.0698. The third-order valence-electron chi connectivity index (χ3n) is 2.68. The van der Waals surface area contributed by atoms with Crippen molar-refractivity contribution < 1.29 is 14.7 Å². The van der Waals surface area contributed by atoms with Crippen LogP contribution < -0.4 is 10.6 Å². The summed E-state index contributed by atoms with van der Waals surface area (Å²) in [5.41, 5.74) is 1.84. The van der Waals surface area contributed by atoms with E-state index in [0.717, 1.165) is 11.3 Å². The van der Waals surface area contributed by atoms with E-state index in [1.165, 1.54) is 17.4 Å². The molecule has 2 aromatic rings. The predicted octanol–water partition coefficient (Wildman–Crippen LogP) is 1.81. The van der Waals surface area contributed by atoms with Crippen LogP contribution in [0.5, 0.6) is 0 Å². The number of thiophene rings is 1. The van der Waals surface area contributed by atoms with E-state index in [-0.39, 0.29) is 5.56 Å². The lowest BCUT2D eigenvalue weighted by Crippen LogP contribution is -2.28. The van der Waals surface area contributed by atoms with E-state index in [4.69, 9.17) is 5.11 Å². The van der Waals surface area contributed by atoms with Crippen molar-refractivity contribution in [1.82, 2.24) is 15.1 Å². The van der Waals surface area contributed by atoms with Gasteiger partial charge in [0.2, 0.25) is 0 Å². The minimum atomic E-state index is -1.07. The number of carboxylic acids is 1. The summed E-state index contributed by atoms with van der Waals surface area (Å²) in [5, 5.41) is 20.2. The fraction of sp³-hybridized carbons (Fsp3) is 0.250. The molecule has 2 heterocycles. The Balaban J connectivity index is 1.94. The van der Waals surface area contributed by atoms with E-state index in [0.29, 0.717) is 11.5 Å². The third kappa shape index (κ3) is 3.15. The number of nitrogens with zero attached hydrogens (tertiary/aromatic N) is 2. The van der Waals surface area contributed by atoms with Gasteiger partial charge in [0.15, 0.2) is 0 Å². The summed E-state index contributed by atoms with van der Waals surface area (Å²) in [7, 11) is 1.81. The Hall–Kier alpha value is -2.35. The van der Waals surface area contributed by atoms with Gasteiger partial charge in [-0.05, 0) is 18.4 Å². The van der Waals surface area contributed by atoms with Gasteiger partial charge in [-0.1, -0.05) is 0 Å². The molecule has 0 unspecified atom stereocenters. The molecular weight excluding hydrogens is 280 g/mol. The van der Waals surface area contributed by atoms with Crippen LogP contribution in [0.3, 0.4) is 0 Å². The predicted molar refractivity (Wildman–Crippen MR) is 75.1 cm³/mol. The zero-order chi connectivity index (χ0) is 14.7. The topological polar surface area (TPSA) is 96.3 Å². The zero-order valence-electron chi connectivity index (χ0n) is 11.0. The van der Waals surface area contributed by atoms with E-state index in [2.05, 4.69) is 15.7 Å². The molecule has 0 aliphatic heterocycles. The maximum atomic E-state index is 11.7. The van der Waals surface area contributed by atoms with Gasteiger partial charge in [-0.15, -0.1) is 11.3 Å². The van der Waals surface area contributed by atoms with Gasteiger partial charge >= 0.3 is 12.0 Å². The van der Waals surface area contributed by atoms with Crippen molar-refractivity contribution in [2.45, 2.75) is 13.5 Å². The largest absolute Gasteiger partial charge is 0.478 e. The highest BCUT2D eigenvalue weighted by atomic mass is 32.1. The molecule has 0 radical (unpaired) electrons. The summed E-state index contributed by atoms with van der Waals surface area (Å²) in [5.74, 6) is -1.07. The molecule has 20 heavy (non-hydrogen) atoms. The van der Waals surface area contributed by atoms with Gasteiger partial charge < -0.3 is 10.4 Å². The summed E-state index contributed by atoms with van der Waals surface area (Å²) in [6, 6.07) is 1.01. The van der Waals surface area contributed by atoms with Crippen molar-refractivity contribution >= 4 is 28.3 Å². The Bertz CT molecular complexity index is 647. The summed E-state index contributed by atoms with van der Waals surface area (Å²) >= 11 is 1.17. The smallest absolute Gasteiger partial charge is 0.338 e. The molecule has 8 heteroatoms. The van der Waals surface area contributed by atoms with Crippen molar-refractivity contribution in [2.75, 3.05) is 5.32 Å². The summed E-state index contributed by atoms with van der Waals surface area (Å²) in [6.45, 7) is 2.19. The molecule has 0 aromatic carbocycles. The number of aryl methyl sites for hydroxylation is 2. The number of rotatable bonds is 4. The molecule has 0 spiro atoms. The van der Waals surface area contributed by atoms with Crippen LogP contribution in [0.4, 0.5) is 9.80 Å². The quantitative estimate of drug-likeness (QED) is 0.801. The summed E-state index contributed by atoms with van der Waals surface area (Å²) in [6.07, 6.45) is 1.82. The van der Waals surface area contributed by atoms with Gasteiger partial charge in [-0.3, -0.25) is 10.00 Å². The Morgan fingerprint density at radius 3 is 2.85 bits per heavy atom. The first-order valence-corrected chi connectivity index (χ1v) is 6.70. The SMILES string of the molecule is Cc1nn(C)cc1CNC(=O)Nc1sccc1C(=O)O. The first-order valence-electron chi connectivity index (χ1n) is 5.82. The van der Waals surface area contributed by atoms with Crippen LogP contribution in [-0.2, 0) is 13.6 Å².